The standard InChI is InChI=1S/C26H33N3O2.ClH/c1-25(2,27)24(31)28-22(18-19-8-4-3-5-9-19)23(30)29-16-14-26(15-17-29)13-12-20-10-6-7-11-21(20)26;/h3-11,22H,12-18,27H2,1-2H3,(H,28,31);1H/t22-;/m1./s1. The number of halogens is 1. The number of benzene rings is 2. The van der Waals surface area contributed by atoms with Gasteiger partial charge in [0, 0.05) is 19.5 Å². The first-order valence-electron chi connectivity index (χ1n) is 11.3. The van der Waals surface area contributed by atoms with Crippen LogP contribution in [0.1, 0.15) is 49.8 Å². The van der Waals surface area contributed by atoms with Crippen LogP contribution < -0.4 is 11.1 Å². The summed E-state index contributed by atoms with van der Waals surface area (Å²) in [7, 11) is 0. The molecule has 172 valence electrons. The van der Waals surface area contributed by atoms with Gasteiger partial charge in [-0.1, -0.05) is 54.6 Å². The average molecular weight is 456 g/mol. The van der Waals surface area contributed by atoms with E-state index in [-0.39, 0.29) is 29.6 Å². The number of likely N-dealkylation sites (tertiary alicyclic amines) is 1. The first-order valence-corrected chi connectivity index (χ1v) is 11.3. The van der Waals surface area contributed by atoms with Crippen molar-refractivity contribution in [2.24, 2.45) is 5.73 Å². The monoisotopic (exact) mass is 455 g/mol. The van der Waals surface area contributed by atoms with Crippen molar-refractivity contribution in [2.75, 3.05) is 13.1 Å². The fourth-order valence-electron chi connectivity index (χ4n) is 5.05. The Morgan fingerprint density at radius 3 is 2.31 bits per heavy atom. The van der Waals surface area contributed by atoms with Crippen molar-refractivity contribution in [2.45, 2.75) is 62.9 Å². The Hall–Kier alpha value is -2.37. The third-order valence-corrected chi connectivity index (χ3v) is 6.97. The van der Waals surface area contributed by atoms with Crippen molar-refractivity contribution in [3.05, 3.63) is 71.3 Å². The number of hydrogen-bond acceptors (Lipinski definition) is 3. The highest BCUT2D eigenvalue weighted by atomic mass is 35.5. The maximum atomic E-state index is 13.5. The number of piperidine rings is 1. The van der Waals surface area contributed by atoms with E-state index in [0.717, 1.165) is 37.9 Å². The summed E-state index contributed by atoms with van der Waals surface area (Å²) in [6, 6.07) is 18.0. The van der Waals surface area contributed by atoms with E-state index in [0.29, 0.717) is 6.42 Å². The van der Waals surface area contributed by atoms with E-state index in [4.69, 9.17) is 5.73 Å². The van der Waals surface area contributed by atoms with Crippen LogP contribution in [0.15, 0.2) is 54.6 Å². The Morgan fingerprint density at radius 2 is 1.66 bits per heavy atom. The van der Waals surface area contributed by atoms with E-state index in [1.54, 1.807) is 13.8 Å². The van der Waals surface area contributed by atoms with E-state index in [1.165, 1.54) is 17.5 Å². The van der Waals surface area contributed by atoms with E-state index >= 15 is 0 Å². The molecular weight excluding hydrogens is 422 g/mol. The molecule has 5 nitrogen and oxygen atoms in total. The van der Waals surface area contributed by atoms with E-state index < -0.39 is 11.6 Å². The Labute approximate surface area is 197 Å². The molecule has 2 aliphatic rings. The van der Waals surface area contributed by atoms with Crippen molar-refractivity contribution in [3.8, 4) is 0 Å². The van der Waals surface area contributed by atoms with Crippen LogP contribution in [0, 0.1) is 0 Å². The van der Waals surface area contributed by atoms with Crippen LogP contribution in [-0.2, 0) is 27.8 Å². The van der Waals surface area contributed by atoms with Gasteiger partial charge in [0.1, 0.15) is 6.04 Å². The van der Waals surface area contributed by atoms with Crippen molar-refractivity contribution in [1.82, 2.24) is 10.2 Å². The van der Waals surface area contributed by atoms with Gasteiger partial charge in [0.15, 0.2) is 0 Å². The van der Waals surface area contributed by atoms with Crippen LogP contribution >= 0.6 is 12.4 Å². The van der Waals surface area contributed by atoms with Crippen LogP contribution in [0.5, 0.6) is 0 Å². The number of carbonyl (C=O) groups excluding carboxylic acids is 2. The number of aryl methyl sites for hydroxylation is 1. The fraction of sp³-hybridized carbons (Fsp3) is 0.462. The zero-order valence-corrected chi connectivity index (χ0v) is 19.8. The van der Waals surface area contributed by atoms with E-state index in [9.17, 15) is 9.59 Å². The number of rotatable bonds is 5. The quantitative estimate of drug-likeness (QED) is 0.725. The van der Waals surface area contributed by atoms with Crippen molar-refractivity contribution in [3.63, 3.8) is 0 Å². The lowest BCUT2D eigenvalue weighted by Gasteiger charge is -2.41. The minimum Gasteiger partial charge on any atom is -0.342 e. The molecule has 1 fully saturated rings. The summed E-state index contributed by atoms with van der Waals surface area (Å²) in [6.07, 6.45) is 4.71. The maximum absolute atomic E-state index is 13.5. The van der Waals surface area contributed by atoms with Gasteiger partial charge in [-0.05, 0) is 61.6 Å². The number of carbonyl (C=O) groups is 2. The molecule has 2 aromatic carbocycles. The molecule has 1 spiro atoms. The Kier molecular flexibility index (Phi) is 7.31. The Morgan fingerprint density at radius 1 is 1.03 bits per heavy atom. The molecule has 0 radical (unpaired) electrons. The average Bonchev–Trinajstić information content (AvgIpc) is 3.12. The van der Waals surface area contributed by atoms with Gasteiger partial charge >= 0.3 is 0 Å². The Balaban J connectivity index is 0.00000289. The van der Waals surface area contributed by atoms with Gasteiger partial charge in [0.05, 0.1) is 5.54 Å². The molecule has 1 atom stereocenters. The molecule has 6 heteroatoms. The lowest BCUT2D eigenvalue weighted by atomic mass is 9.74. The zero-order valence-electron chi connectivity index (χ0n) is 19.0. The number of nitrogens with zero attached hydrogens (tertiary/aromatic N) is 1. The van der Waals surface area contributed by atoms with Crippen LogP contribution in [0.25, 0.3) is 0 Å². The van der Waals surface area contributed by atoms with Gasteiger partial charge in [-0.25, -0.2) is 0 Å². The molecule has 32 heavy (non-hydrogen) atoms. The first-order chi connectivity index (χ1) is 14.8. The molecule has 1 aliphatic heterocycles. The van der Waals surface area contributed by atoms with Crippen molar-refractivity contribution in [1.29, 1.82) is 0 Å². The lowest BCUT2D eigenvalue weighted by Crippen LogP contribution is -2.58. The van der Waals surface area contributed by atoms with Crippen molar-refractivity contribution < 1.29 is 9.59 Å². The van der Waals surface area contributed by atoms with Gasteiger partial charge in [0.25, 0.3) is 0 Å². The summed E-state index contributed by atoms with van der Waals surface area (Å²) >= 11 is 0. The maximum Gasteiger partial charge on any atom is 0.245 e. The minimum absolute atomic E-state index is 0. The van der Waals surface area contributed by atoms with Gasteiger partial charge in [-0.2, -0.15) is 0 Å². The molecule has 0 aromatic heterocycles. The minimum atomic E-state index is -1.03. The predicted octanol–water partition coefficient (Wildman–Crippen LogP) is 3.38. The molecule has 1 heterocycles. The molecule has 1 aliphatic carbocycles. The van der Waals surface area contributed by atoms with Crippen molar-refractivity contribution >= 4 is 24.2 Å². The van der Waals surface area contributed by atoms with E-state index in [1.807, 2.05) is 35.2 Å². The second kappa shape index (κ2) is 9.63. The number of amides is 2. The van der Waals surface area contributed by atoms with Gasteiger partial charge in [-0.3, -0.25) is 9.59 Å². The number of fused-ring (bicyclic) bond motifs is 2. The highest BCUT2D eigenvalue weighted by Gasteiger charge is 2.42. The smallest absolute Gasteiger partial charge is 0.245 e. The predicted molar refractivity (Wildman–Crippen MR) is 130 cm³/mol. The summed E-state index contributed by atoms with van der Waals surface area (Å²) in [6.45, 7) is 4.77. The highest BCUT2D eigenvalue weighted by molar-refractivity contribution is 5.91. The molecular formula is C26H34ClN3O2. The lowest BCUT2D eigenvalue weighted by molar-refractivity contribution is -0.138. The zero-order chi connectivity index (χ0) is 22.1. The van der Waals surface area contributed by atoms with Gasteiger partial charge in [0.2, 0.25) is 11.8 Å². The molecule has 0 unspecified atom stereocenters. The van der Waals surface area contributed by atoms with Crippen LogP contribution in [0.2, 0.25) is 0 Å². The number of nitrogens with one attached hydrogen (secondary N) is 1. The summed E-state index contributed by atoms with van der Waals surface area (Å²) in [5.74, 6) is -0.317. The molecule has 2 amide bonds. The summed E-state index contributed by atoms with van der Waals surface area (Å²) in [5, 5.41) is 2.92. The largest absolute Gasteiger partial charge is 0.342 e. The molecule has 4 rings (SSSR count). The summed E-state index contributed by atoms with van der Waals surface area (Å²) in [5.41, 5.74) is 9.11. The SMILES string of the molecule is CC(C)(N)C(=O)N[C@H](Cc1ccccc1)C(=O)N1CCC2(CCc3ccccc32)CC1.Cl. The molecule has 1 saturated heterocycles. The van der Waals surface area contributed by atoms with Crippen LogP contribution in [0.4, 0.5) is 0 Å². The van der Waals surface area contributed by atoms with Gasteiger partial charge < -0.3 is 16.0 Å². The van der Waals surface area contributed by atoms with Crippen LogP contribution in [0.3, 0.4) is 0 Å². The van der Waals surface area contributed by atoms with Gasteiger partial charge in [-0.15, -0.1) is 12.4 Å². The third-order valence-electron chi connectivity index (χ3n) is 6.97. The highest BCUT2D eigenvalue weighted by Crippen LogP contribution is 2.46. The molecule has 3 N–H and O–H groups in total. The Bertz CT molecular complexity index is 947. The fourth-order valence-corrected chi connectivity index (χ4v) is 5.05. The summed E-state index contributed by atoms with van der Waals surface area (Å²) in [4.78, 5) is 28.0. The first kappa shape index (κ1) is 24.3. The molecule has 0 saturated carbocycles. The molecule has 0 bridgehead atoms. The second-order valence-electron chi connectivity index (χ2n) is 9.70. The number of nitrogens with two attached hydrogens (primary N) is 1. The summed E-state index contributed by atoms with van der Waals surface area (Å²) < 4.78 is 0. The molecule has 2 aromatic rings. The van der Waals surface area contributed by atoms with Crippen LogP contribution in [-0.4, -0.2) is 41.4 Å². The third kappa shape index (κ3) is 5.00. The van der Waals surface area contributed by atoms with E-state index in [2.05, 4.69) is 29.6 Å². The normalized spacial score (nSPS) is 17.9. The topological polar surface area (TPSA) is 75.4 Å². The second-order valence-corrected chi connectivity index (χ2v) is 9.70. The number of hydrogen-bond donors (Lipinski definition) is 2.